The van der Waals surface area contributed by atoms with E-state index in [-0.39, 0.29) is 11.3 Å². The van der Waals surface area contributed by atoms with Crippen LogP contribution in [0.2, 0.25) is 5.02 Å². The lowest BCUT2D eigenvalue weighted by Gasteiger charge is -2.47. The summed E-state index contributed by atoms with van der Waals surface area (Å²) < 4.78 is 6.27. The van der Waals surface area contributed by atoms with Gasteiger partial charge in [0, 0.05) is 22.8 Å². The Kier molecular flexibility index (Phi) is 7.72. The summed E-state index contributed by atoms with van der Waals surface area (Å²) >= 11 is 6.22. The van der Waals surface area contributed by atoms with Gasteiger partial charge in [0.2, 0.25) is 0 Å². The molecule has 2 aliphatic carbocycles. The van der Waals surface area contributed by atoms with Crippen LogP contribution in [0.1, 0.15) is 54.7 Å². The molecule has 1 spiro atoms. The molecule has 2 atom stereocenters. The van der Waals surface area contributed by atoms with Crippen LogP contribution in [0, 0.1) is 5.92 Å². The summed E-state index contributed by atoms with van der Waals surface area (Å²) in [7, 11) is 0. The number of ether oxygens (including phenoxy) is 1. The minimum atomic E-state index is -1.03. The van der Waals surface area contributed by atoms with Crippen LogP contribution < -0.4 is 10.1 Å². The number of nitrogens with one attached hydrogen (secondary N) is 1. The van der Waals surface area contributed by atoms with Gasteiger partial charge < -0.3 is 15.2 Å². The van der Waals surface area contributed by atoms with Crippen molar-refractivity contribution < 1.29 is 14.6 Å². The number of benzene rings is 3. The normalized spacial score (nSPS) is 24.0. The van der Waals surface area contributed by atoms with Crippen LogP contribution in [0.25, 0.3) is 0 Å². The maximum absolute atomic E-state index is 12.8. The van der Waals surface area contributed by atoms with Crippen molar-refractivity contribution in [3.05, 3.63) is 125 Å². The summed E-state index contributed by atoms with van der Waals surface area (Å²) in [5, 5.41) is 14.4. The van der Waals surface area contributed by atoms with E-state index in [2.05, 4.69) is 64.9 Å². The van der Waals surface area contributed by atoms with Crippen molar-refractivity contribution in [3.63, 3.8) is 0 Å². The first-order chi connectivity index (χ1) is 20.0. The molecule has 1 aromatic heterocycles. The van der Waals surface area contributed by atoms with E-state index in [1.54, 1.807) is 24.5 Å². The highest BCUT2D eigenvalue weighted by atomic mass is 35.5. The van der Waals surface area contributed by atoms with Gasteiger partial charge >= 0.3 is 5.97 Å². The van der Waals surface area contributed by atoms with Crippen LogP contribution in [-0.2, 0) is 16.6 Å². The lowest BCUT2D eigenvalue weighted by Crippen LogP contribution is -2.53. The van der Waals surface area contributed by atoms with E-state index in [0.29, 0.717) is 30.4 Å². The van der Waals surface area contributed by atoms with Crippen LogP contribution in [0.15, 0.2) is 103 Å². The fourth-order valence-corrected chi connectivity index (χ4v) is 7.40. The number of halogens is 1. The van der Waals surface area contributed by atoms with Gasteiger partial charge in [-0.3, -0.25) is 4.98 Å². The molecule has 210 valence electrons. The van der Waals surface area contributed by atoms with Crippen molar-refractivity contribution in [3.8, 4) is 5.75 Å². The third kappa shape index (κ3) is 5.56. The maximum atomic E-state index is 12.8. The van der Waals surface area contributed by atoms with Gasteiger partial charge in [-0.15, -0.1) is 0 Å². The van der Waals surface area contributed by atoms with E-state index in [4.69, 9.17) is 16.3 Å². The first-order valence-corrected chi connectivity index (χ1v) is 14.8. The molecule has 1 heterocycles. The topological polar surface area (TPSA) is 71.5 Å². The smallest absolute Gasteiger partial charge is 0.329 e. The second-order valence-corrected chi connectivity index (χ2v) is 12.0. The molecule has 6 heteroatoms. The van der Waals surface area contributed by atoms with Gasteiger partial charge in [0.25, 0.3) is 0 Å². The quantitative estimate of drug-likeness (QED) is 0.215. The van der Waals surface area contributed by atoms with Crippen molar-refractivity contribution in [1.29, 1.82) is 0 Å². The van der Waals surface area contributed by atoms with Gasteiger partial charge in [0.15, 0.2) is 0 Å². The minimum Gasteiger partial charge on any atom is -0.491 e. The number of anilines is 1. The zero-order chi connectivity index (χ0) is 28.3. The largest absolute Gasteiger partial charge is 0.491 e. The molecular weight excluding hydrogens is 532 g/mol. The Labute approximate surface area is 246 Å². The molecule has 1 fully saturated rings. The van der Waals surface area contributed by atoms with Crippen LogP contribution in [-0.4, -0.2) is 28.2 Å². The average molecular weight is 567 g/mol. The first kappa shape index (κ1) is 27.3. The van der Waals surface area contributed by atoms with Crippen molar-refractivity contribution in [2.75, 3.05) is 11.9 Å². The van der Waals surface area contributed by atoms with Gasteiger partial charge in [-0.05, 0) is 96.9 Å². The standard InChI is InChI=1S/C35H35ClN2O3/c36-29-11-6-12-30(22-29)38-35(33(39)40)17-15-34(16-18-35)28(20-26-10-4-5-14-32(26)34)21-27(25-8-2-1-3-9-25)24-41-31-13-7-19-37-23-31/h1-14,19,22-23,27-28,38H,15-18,20-21,24H2,(H,39,40)/t27-,28+,34?,35?/m1/s1. The van der Waals surface area contributed by atoms with Crippen molar-refractivity contribution in [2.24, 2.45) is 5.92 Å². The van der Waals surface area contributed by atoms with Crippen molar-refractivity contribution >= 4 is 23.3 Å². The third-order valence-corrected chi connectivity index (χ3v) is 9.58. The number of carboxylic acids is 1. The SMILES string of the molecule is O=C(O)C1(Nc2cccc(Cl)c2)CCC2(CC1)c1ccccc1C[C@H]2C[C@H](COc1cccnc1)c1ccccc1. The van der Waals surface area contributed by atoms with Crippen LogP contribution in [0.4, 0.5) is 5.69 Å². The molecule has 5 nitrogen and oxygen atoms in total. The Morgan fingerprint density at radius 3 is 2.49 bits per heavy atom. The molecule has 0 saturated heterocycles. The zero-order valence-corrected chi connectivity index (χ0v) is 23.8. The molecular formula is C35H35ClN2O3. The predicted octanol–water partition coefficient (Wildman–Crippen LogP) is 7.91. The molecule has 3 aromatic carbocycles. The highest BCUT2D eigenvalue weighted by molar-refractivity contribution is 6.30. The van der Waals surface area contributed by atoms with E-state index >= 15 is 0 Å². The summed E-state index contributed by atoms with van der Waals surface area (Å²) in [5.74, 6) is 0.542. The van der Waals surface area contributed by atoms with E-state index in [0.717, 1.165) is 37.1 Å². The van der Waals surface area contributed by atoms with Crippen LogP contribution in [0.3, 0.4) is 0 Å². The number of rotatable bonds is 9. The molecule has 0 amide bonds. The number of carbonyl (C=O) groups is 1. The summed E-state index contributed by atoms with van der Waals surface area (Å²) in [5.41, 5.74) is 3.69. The summed E-state index contributed by atoms with van der Waals surface area (Å²) in [6, 6.07) is 30.6. The fraction of sp³-hybridized carbons (Fsp3) is 0.314. The number of carboxylic acid groups (broad SMARTS) is 1. The zero-order valence-electron chi connectivity index (χ0n) is 23.0. The molecule has 0 aliphatic heterocycles. The Hall–Kier alpha value is -3.83. The molecule has 4 aromatic rings. The van der Waals surface area contributed by atoms with E-state index in [1.165, 1.54) is 16.7 Å². The second kappa shape index (κ2) is 11.6. The van der Waals surface area contributed by atoms with E-state index in [9.17, 15) is 9.90 Å². The highest BCUT2D eigenvalue weighted by Gasteiger charge is 2.54. The Balaban J connectivity index is 1.28. The van der Waals surface area contributed by atoms with E-state index < -0.39 is 11.5 Å². The molecule has 1 saturated carbocycles. The third-order valence-electron chi connectivity index (χ3n) is 9.34. The molecule has 41 heavy (non-hydrogen) atoms. The lowest BCUT2D eigenvalue weighted by molar-refractivity contribution is -0.144. The first-order valence-electron chi connectivity index (χ1n) is 14.4. The number of fused-ring (bicyclic) bond motifs is 2. The number of hydrogen-bond acceptors (Lipinski definition) is 4. The highest BCUT2D eigenvalue weighted by Crippen LogP contribution is 2.56. The lowest BCUT2D eigenvalue weighted by atomic mass is 9.59. The summed E-state index contributed by atoms with van der Waals surface area (Å²) in [6.07, 6.45) is 8.16. The Morgan fingerprint density at radius 1 is 0.976 bits per heavy atom. The number of aromatic nitrogens is 1. The molecule has 0 unspecified atom stereocenters. The van der Waals surface area contributed by atoms with Crippen LogP contribution >= 0.6 is 11.6 Å². The van der Waals surface area contributed by atoms with Gasteiger partial charge in [-0.2, -0.15) is 0 Å². The Morgan fingerprint density at radius 2 is 1.76 bits per heavy atom. The van der Waals surface area contributed by atoms with E-state index in [1.807, 2.05) is 24.3 Å². The second-order valence-electron chi connectivity index (χ2n) is 11.6. The number of hydrogen-bond donors (Lipinski definition) is 2. The minimum absolute atomic E-state index is 0.0765. The molecule has 2 aliphatic rings. The van der Waals surface area contributed by atoms with Gasteiger partial charge in [0.05, 0.1) is 12.8 Å². The number of aliphatic carboxylic acids is 1. The Bertz CT molecular complexity index is 1490. The van der Waals surface area contributed by atoms with Crippen molar-refractivity contribution in [2.45, 2.75) is 55.4 Å². The molecule has 6 rings (SSSR count). The summed E-state index contributed by atoms with van der Waals surface area (Å²) in [4.78, 5) is 17.0. The van der Waals surface area contributed by atoms with Gasteiger partial charge in [0.1, 0.15) is 11.3 Å². The maximum Gasteiger partial charge on any atom is 0.329 e. The van der Waals surface area contributed by atoms with Crippen LogP contribution in [0.5, 0.6) is 5.75 Å². The average Bonchev–Trinajstić information content (AvgIpc) is 3.30. The molecule has 2 N–H and O–H groups in total. The molecule has 0 bridgehead atoms. The molecule has 0 radical (unpaired) electrons. The van der Waals surface area contributed by atoms with Crippen molar-refractivity contribution in [1.82, 2.24) is 4.98 Å². The number of pyridine rings is 1. The number of nitrogens with zero attached hydrogens (tertiary/aromatic N) is 1. The summed E-state index contributed by atoms with van der Waals surface area (Å²) in [6.45, 7) is 0.564. The monoisotopic (exact) mass is 566 g/mol. The predicted molar refractivity (Wildman–Crippen MR) is 163 cm³/mol. The van der Waals surface area contributed by atoms with Gasteiger partial charge in [-0.25, -0.2) is 4.79 Å². The van der Waals surface area contributed by atoms with Gasteiger partial charge in [-0.1, -0.05) is 72.3 Å². The fourth-order valence-electron chi connectivity index (χ4n) is 7.21.